The van der Waals surface area contributed by atoms with Crippen molar-refractivity contribution in [3.63, 3.8) is 0 Å². The Labute approximate surface area is 233 Å². The number of carbonyl (C=O) groups excluding carboxylic acids is 2. The van der Waals surface area contributed by atoms with E-state index >= 15 is 0 Å². The van der Waals surface area contributed by atoms with Crippen LogP contribution in [0, 0.1) is 16.7 Å². The monoisotopic (exact) mass is 551 g/mol. The van der Waals surface area contributed by atoms with E-state index in [0.29, 0.717) is 23.4 Å². The Hall–Kier alpha value is -2.87. The molecule has 39 heavy (non-hydrogen) atoms. The van der Waals surface area contributed by atoms with Crippen LogP contribution in [0.2, 0.25) is 5.02 Å². The van der Waals surface area contributed by atoms with Crippen LogP contribution in [0.3, 0.4) is 0 Å². The van der Waals surface area contributed by atoms with Crippen molar-refractivity contribution in [1.82, 2.24) is 5.32 Å². The van der Waals surface area contributed by atoms with E-state index in [2.05, 4.69) is 44.8 Å². The number of aliphatic hydroxyl groups excluding tert-OH is 1. The molecule has 4 aliphatic rings. The van der Waals surface area contributed by atoms with E-state index < -0.39 is 46.9 Å². The van der Waals surface area contributed by atoms with Gasteiger partial charge in [0.2, 0.25) is 0 Å². The summed E-state index contributed by atoms with van der Waals surface area (Å²) in [6.45, 7) is 12.8. The van der Waals surface area contributed by atoms with Gasteiger partial charge in [-0.25, -0.2) is 9.59 Å². The second kappa shape index (κ2) is 8.56. The van der Waals surface area contributed by atoms with Crippen LogP contribution in [0.25, 0.3) is 5.57 Å². The summed E-state index contributed by atoms with van der Waals surface area (Å²) in [5.41, 5.74) is 2.15. The summed E-state index contributed by atoms with van der Waals surface area (Å²) in [5, 5.41) is 14.3. The number of nitrogens with one attached hydrogen (secondary N) is 1. The van der Waals surface area contributed by atoms with Gasteiger partial charge >= 0.3 is 12.1 Å². The lowest BCUT2D eigenvalue weighted by molar-refractivity contribution is -0.172. The van der Waals surface area contributed by atoms with Crippen LogP contribution in [-0.4, -0.2) is 41.6 Å². The van der Waals surface area contributed by atoms with Gasteiger partial charge in [-0.3, -0.25) is 0 Å². The Morgan fingerprint density at radius 2 is 1.87 bits per heavy atom. The smallest absolute Gasteiger partial charge is 0.407 e. The number of aliphatic hydroxyl groups is 1. The molecule has 206 valence electrons. The van der Waals surface area contributed by atoms with Crippen molar-refractivity contribution in [2.75, 3.05) is 6.61 Å². The molecule has 3 unspecified atom stereocenters. The molecule has 7 atom stereocenters. The Balaban J connectivity index is 1.30. The minimum absolute atomic E-state index is 0.115. The maximum Gasteiger partial charge on any atom is 0.407 e. The molecule has 8 heteroatoms. The van der Waals surface area contributed by atoms with Gasteiger partial charge in [0, 0.05) is 22.8 Å². The van der Waals surface area contributed by atoms with Gasteiger partial charge in [0.25, 0.3) is 0 Å². The largest absolute Gasteiger partial charge is 0.460 e. The van der Waals surface area contributed by atoms with Gasteiger partial charge in [-0.15, -0.1) is 0 Å². The molecule has 6 rings (SSSR count). The molecular formula is C31H34ClNO6. The average Bonchev–Trinajstić information content (AvgIpc) is 3.53. The third-order valence-corrected chi connectivity index (χ3v) is 10.5. The topological polar surface area (TPSA) is 97.4 Å². The van der Waals surface area contributed by atoms with Crippen molar-refractivity contribution in [3.05, 3.63) is 76.8 Å². The zero-order chi connectivity index (χ0) is 28.0. The number of carbonyl (C=O) groups is 2. The van der Waals surface area contributed by atoms with Gasteiger partial charge in [0.05, 0.1) is 12.6 Å². The number of alkyl carbamates (subject to hydrolysis) is 1. The summed E-state index contributed by atoms with van der Waals surface area (Å²) >= 11 is 6.04. The van der Waals surface area contributed by atoms with Gasteiger partial charge in [-0.2, -0.15) is 0 Å². The zero-order valence-electron chi connectivity index (χ0n) is 22.6. The van der Waals surface area contributed by atoms with Crippen LogP contribution < -0.4 is 5.32 Å². The van der Waals surface area contributed by atoms with Crippen molar-refractivity contribution >= 4 is 29.2 Å². The predicted octanol–water partition coefficient (Wildman–Crippen LogP) is 5.55. The lowest BCUT2D eigenvalue weighted by Crippen LogP contribution is -2.53. The van der Waals surface area contributed by atoms with Gasteiger partial charge in [-0.05, 0) is 53.2 Å². The van der Waals surface area contributed by atoms with Gasteiger partial charge < -0.3 is 24.6 Å². The molecule has 0 radical (unpaired) electrons. The van der Waals surface area contributed by atoms with E-state index in [-0.39, 0.29) is 17.9 Å². The number of benzene rings is 2. The molecule has 0 aromatic heterocycles. The summed E-state index contributed by atoms with van der Waals surface area (Å²) in [5.74, 6) is -0.692. The Kier molecular flexibility index (Phi) is 5.79. The van der Waals surface area contributed by atoms with Gasteiger partial charge in [0.15, 0.2) is 6.10 Å². The number of rotatable bonds is 6. The van der Waals surface area contributed by atoms with Crippen LogP contribution in [0.15, 0.2) is 55.1 Å². The minimum atomic E-state index is -1.66. The molecule has 0 spiro atoms. The fourth-order valence-electron chi connectivity index (χ4n) is 8.22. The van der Waals surface area contributed by atoms with Crippen LogP contribution in [0.4, 0.5) is 4.79 Å². The van der Waals surface area contributed by atoms with E-state index in [4.69, 9.17) is 25.8 Å². The average molecular weight is 552 g/mol. The Bertz CT molecular complexity index is 1370. The maximum absolute atomic E-state index is 13.5. The molecule has 2 saturated carbocycles. The second-order valence-electron chi connectivity index (χ2n) is 12.0. The number of hydrogen-bond donors (Lipinski definition) is 2. The molecule has 2 N–H and O–H groups in total. The first-order valence-electron chi connectivity index (χ1n) is 13.5. The zero-order valence-corrected chi connectivity index (χ0v) is 23.4. The van der Waals surface area contributed by atoms with E-state index in [1.54, 1.807) is 31.2 Å². The highest BCUT2D eigenvalue weighted by atomic mass is 35.5. The van der Waals surface area contributed by atoms with Crippen LogP contribution in [-0.2, 0) is 24.6 Å². The quantitative estimate of drug-likeness (QED) is 0.361. The normalized spacial score (nSPS) is 34.3. The molecule has 3 fully saturated rings. The SMILES string of the molecule is C=C1C[C@@]23O[C@]2(c2ccccc21)C1CC(OC(=O)[C@H](O)[C@@H](NC(=O)OCC)c2ccc(Cl)cc2)C3(C)C1(C)C. The fraction of sp³-hybridized carbons (Fsp3) is 0.484. The first kappa shape index (κ1) is 26.4. The fourth-order valence-corrected chi connectivity index (χ4v) is 8.34. The predicted molar refractivity (Wildman–Crippen MR) is 146 cm³/mol. The van der Waals surface area contributed by atoms with Crippen molar-refractivity contribution < 1.29 is 28.9 Å². The Morgan fingerprint density at radius 3 is 2.56 bits per heavy atom. The molecule has 1 saturated heterocycles. The molecule has 1 amide bonds. The number of esters is 1. The molecule has 2 aromatic carbocycles. The molecule has 1 aliphatic heterocycles. The molecular weight excluding hydrogens is 518 g/mol. The standard InChI is InChI=1S/C31H34ClNO6/c1-6-37-27(36)33-24(18-11-13-19(32)14-12-18)25(34)26(35)38-23-15-22-28(3,4)29(23,5)30-16-17(2)20-9-7-8-10-21(20)31(22,30)39-30/h7-14,22-25,34H,2,6,15-16H2,1,3-5H3,(H,33,36)/t22?,23?,24-,25+,29?,30-,31+/m0/s1. The number of halogens is 1. The van der Waals surface area contributed by atoms with E-state index in [9.17, 15) is 14.7 Å². The van der Waals surface area contributed by atoms with Crippen LogP contribution in [0.5, 0.6) is 0 Å². The first-order chi connectivity index (χ1) is 18.4. The van der Waals surface area contributed by atoms with Crippen LogP contribution in [0.1, 0.15) is 63.3 Å². The minimum Gasteiger partial charge on any atom is -0.460 e. The number of epoxide rings is 1. The summed E-state index contributed by atoms with van der Waals surface area (Å²) in [7, 11) is 0. The Morgan fingerprint density at radius 1 is 1.18 bits per heavy atom. The molecule has 1 heterocycles. The molecule has 7 nitrogen and oxygen atoms in total. The van der Waals surface area contributed by atoms with Crippen molar-refractivity contribution in [1.29, 1.82) is 0 Å². The van der Waals surface area contributed by atoms with Crippen molar-refractivity contribution in [2.45, 2.75) is 70.0 Å². The van der Waals surface area contributed by atoms with Crippen molar-refractivity contribution in [2.24, 2.45) is 16.7 Å². The molecule has 2 aromatic rings. The highest BCUT2D eigenvalue weighted by Crippen LogP contribution is 2.89. The highest BCUT2D eigenvalue weighted by Gasteiger charge is 2.95. The van der Waals surface area contributed by atoms with Gasteiger partial charge in [-0.1, -0.05) is 75.3 Å². The van der Waals surface area contributed by atoms with E-state index in [1.807, 2.05) is 12.1 Å². The third-order valence-electron chi connectivity index (χ3n) is 10.3. The highest BCUT2D eigenvalue weighted by molar-refractivity contribution is 6.30. The summed E-state index contributed by atoms with van der Waals surface area (Å²) in [6.07, 6.45) is -1.62. The summed E-state index contributed by atoms with van der Waals surface area (Å²) < 4.78 is 18.0. The first-order valence-corrected chi connectivity index (χ1v) is 13.9. The summed E-state index contributed by atoms with van der Waals surface area (Å²) in [4.78, 5) is 25.8. The van der Waals surface area contributed by atoms with Crippen molar-refractivity contribution in [3.8, 4) is 0 Å². The lowest BCUT2D eigenvalue weighted by atomic mass is 9.59. The van der Waals surface area contributed by atoms with E-state index in [1.165, 1.54) is 5.56 Å². The second-order valence-corrected chi connectivity index (χ2v) is 12.4. The third kappa shape index (κ3) is 3.24. The number of hydrogen-bond acceptors (Lipinski definition) is 6. The molecule has 2 bridgehead atoms. The molecule has 3 aliphatic carbocycles. The van der Waals surface area contributed by atoms with Crippen LogP contribution >= 0.6 is 11.6 Å². The lowest BCUT2D eigenvalue weighted by Gasteiger charge is -2.45. The maximum atomic E-state index is 13.5. The number of fused-ring (bicyclic) bond motifs is 3. The van der Waals surface area contributed by atoms with Gasteiger partial charge in [0.1, 0.15) is 17.3 Å². The number of ether oxygens (including phenoxy) is 3. The van der Waals surface area contributed by atoms with E-state index in [0.717, 1.165) is 11.1 Å². The number of amides is 1. The summed E-state index contributed by atoms with van der Waals surface area (Å²) in [6, 6.07) is 13.8.